The number of rotatable bonds is 6. The number of imidazole rings is 1. The number of aryl methyl sites for hydroxylation is 1. The second-order valence-electron chi connectivity index (χ2n) is 7.81. The monoisotopic (exact) mass is 396 g/mol. The zero-order valence-corrected chi connectivity index (χ0v) is 17.4. The Morgan fingerprint density at radius 3 is 2.82 bits per heavy atom. The Labute approximate surface area is 170 Å². The van der Waals surface area contributed by atoms with Gasteiger partial charge in [-0.2, -0.15) is 0 Å². The molecule has 1 aliphatic rings. The fourth-order valence-corrected chi connectivity index (χ4v) is 4.87. The van der Waals surface area contributed by atoms with Crippen LogP contribution in [0.15, 0.2) is 42.0 Å². The van der Waals surface area contributed by atoms with Crippen molar-refractivity contribution < 1.29 is 4.79 Å². The van der Waals surface area contributed by atoms with Crippen LogP contribution in [0.25, 0.3) is 11.0 Å². The van der Waals surface area contributed by atoms with Crippen LogP contribution < -0.4 is 5.32 Å². The van der Waals surface area contributed by atoms with E-state index in [0.29, 0.717) is 5.92 Å². The van der Waals surface area contributed by atoms with Gasteiger partial charge >= 0.3 is 0 Å². The van der Waals surface area contributed by atoms with Crippen molar-refractivity contribution >= 4 is 28.3 Å². The summed E-state index contributed by atoms with van der Waals surface area (Å²) < 4.78 is 1.95. The first kappa shape index (κ1) is 19.2. The van der Waals surface area contributed by atoms with E-state index in [0.717, 1.165) is 50.1 Å². The molecule has 28 heavy (non-hydrogen) atoms. The van der Waals surface area contributed by atoms with Gasteiger partial charge < -0.3 is 9.88 Å². The number of amides is 1. The molecule has 1 saturated heterocycles. The maximum absolute atomic E-state index is 12.7. The molecule has 0 bridgehead atoms. The van der Waals surface area contributed by atoms with Crippen molar-refractivity contribution in [1.82, 2.24) is 19.8 Å². The van der Waals surface area contributed by atoms with Crippen LogP contribution in [-0.4, -0.2) is 40.0 Å². The first-order valence-electron chi connectivity index (χ1n) is 10.1. The van der Waals surface area contributed by atoms with E-state index in [9.17, 15) is 4.79 Å². The number of piperidine rings is 1. The molecule has 148 valence electrons. The number of aromatic nitrogens is 2. The molecule has 0 spiro atoms. The number of fused-ring (bicyclic) bond motifs is 1. The van der Waals surface area contributed by atoms with Gasteiger partial charge in [-0.25, -0.2) is 4.98 Å². The molecule has 1 N–H and O–H groups in total. The summed E-state index contributed by atoms with van der Waals surface area (Å²) in [5.41, 5.74) is 3.33. The van der Waals surface area contributed by atoms with Gasteiger partial charge in [-0.1, -0.05) is 12.1 Å². The molecule has 1 aromatic carbocycles. The lowest BCUT2D eigenvalue weighted by Gasteiger charge is -2.32. The van der Waals surface area contributed by atoms with E-state index in [1.807, 2.05) is 47.1 Å². The second-order valence-corrected chi connectivity index (χ2v) is 8.81. The summed E-state index contributed by atoms with van der Waals surface area (Å²) in [7, 11) is 0. The van der Waals surface area contributed by atoms with E-state index >= 15 is 0 Å². The zero-order chi connectivity index (χ0) is 19.5. The van der Waals surface area contributed by atoms with Gasteiger partial charge in [0.05, 0.1) is 17.4 Å². The van der Waals surface area contributed by atoms with E-state index < -0.39 is 0 Å². The Morgan fingerprint density at radius 1 is 1.29 bits per heavy atom. The van der Waals surface area contributed by atoms with Crippen molar-refractivity contribution in [2.75, 3.05) is 19.6 Å². The van der Waals surface area contributed by atoms with E-state index in [1.54, 1.807) is 6.33 Å². The van der Waals surface area contributed by atoms with Crippen LogP contribution >= 0.6 is 11.3 Å². The number of nitrogens with zero attached hydrogens (tertiary/aromatic N) is 3. The minimum Gasteiger partial charge on any atom is -0.354 e. The summed E-state index contributed by atoms with van der Waals surface area (Å²) in [6.07, 6.45) is 4.06. The Kier molecular flexibility index (Phi) is 5.78. The highest BCUT2D eigenvalue weighted by atomic mass is 32.1. The van der Waals surface area contributed by atoms with Crippen molar-refractivity contribution in [2.24, 2.45) is 5.92 Å². The molecular weight excluding hydrogens is 368 g/mol. The molecule has 2 aromatic heterocycles. The number of thiophene rings is 1. The van der Waals surface area contributed by atoms with Gasteiger partial charge in [-0.3, -0.25) is 9.69 Å². The van der Waals surface area contributed by atoms with Crippen LogP contribution in [0.5, 0.6) is 0 Å². The number of benzene rings is 1. The molecule has 1 fully saturated rings. The number of carbonyl (C=O) groups is 1. The highest BCUT2D eigenvalue weighted by Gasteiger charge is 2.22. The third-order valence-electron chi connectivity index (χ3n) is 5.89. The van der Waals surface area contributed by atoms with E-state index in [4.69, 9.17) is 0 Å². The second kappa shape index (κ2) is 8.45. The summed E-state index contributed by atoms with van der Waals surface area (Å²) in [6, 6.07) is 9.88. The highest BCUT2D eigenvalue weighted by molar-refractivity contribution is 7.10. The predicted molar refractivity (Wildman–Crippen MR) is 115 cm³/mol. The lowest BCUT2D eigenvalue weighted by Crippen LogP contribution is -2.39. The van der Waals surface area contributed by atoms with Gasteiger partial charge in [0.25, 0.3) is 0 Å². The molecule has 0 radical (unpaired) electrons. The van der Waals surface area contributed by atoms with Crippen LogP contribution in [-0.2, 0) is 11.3 Å². The van der Waals surface area contributed by atoms with E-state index in [1.165, 1.54) is 10.4 Å². The maximum Gasteiger partial charge on any atom is 0.242 e. The largest absolute Gasteiger partial charge is 0.354 e. The Morgan fingerprint density at radius 2 is 2.07 bits per heavy atom. The van der Waals surface area contributed by atoms with Crippen molar-refractivity contribution in [3.63, 3.8) is 0 Å². The van der Waals surface area contributed by atoms with E-state index in [2.05, 4.69) is 33.6 Å². The van der Waals surface area contributed by atoms with Gasteiger partial charge in [0.2, 0.25) is 5.91 Å². The van der Waals surface area contributed by atoms with Gasteiger partial charge in [0, 0.05) is 18.0 Å². The zero-order valence-electron chi connectivity index (χ0n) is 16.6. The normalized spacial score (nSPS) is 17.1. The van der Waals surface area contributed by atoms with E-state index in [-0.39, 0.29) is 11.9 Å². The van der Waals surface area contributed by atoms with Crippen molar-refractivity contribution in [3.05, 3.63) is 52.5 Å². The standard InChI is InChI=1S/C22H28N4OS/c1-16-9-12-28-21(16)14-25-10-7-18(8-11-25)13-23-22(27)17(2)26-15-24-19-5-3-4-6-20(19)26/h3-6,9,12,15,17-18H,7-8,10-11,13-14H2,1-2H3,(H,23,27). The molecule has 6 heteroatoms. The fourth-order valence-electron chi connectivity index (χ4n) is 3.92. The molecule has 1 atom stereocenters. The number of nitrogens with one attached hydrogen (secondary N) is 1. The summed E-state index contributed by atoms with van der Waals surface area (Å²) in [5.74, 6) is 0.635. The minimum absolute atomic E-state index is 0.0693. The summed E-state index contributed by atoms with van der Waals surface area (Å²) in [4.78, 5) is 21.1. The molecule has 3 aromatic rings. The fraction of sp³-hybridized carbons (Fsp3) is 0.455. The number of para-hydroxylation sites is 2. The molecular formula is C22H28N4OS. The van der Waals surface area contributed by atoms with Crippen LogP contribution in [0.2, 0.25) is 0 Å². The van der Waals surface area contributed by atoms with Gasteiger partial charge in [-0.05, 0) is 74.8 Å². The number of carbonyl (C=O) groups excluding carboxylic acids is 1. The van der Waals surface area contributed by atoms with Crippen LogP contribution in [0.4, 0.5) is 0 Å². The summed E-state index contributed by atoms with van der Waals surface area (Å²) in [6.45, 7) is 8.18. The quantitative estimate of drug-likeness (QED) is 0.685. The maximum atomic E-state index is 12.7. The summed E-state index contributed by atoms with van der Waals surface area (Å²) >= 11 is 1.85. The van der Waals surface area contributed by atoms with Gasteiger partial charge in [-0.15, -0.1) is 11.3 Å². The SMILES string of the molecule is Cc1ccsc1CN1CCC(CNC(=O)C(C)n2cnc3ccccc32)CC1. The van der Waals surface area contributed by atoms with Crippen molar-refractivity contribution in [1.29, 1.82) is 0 Å². The van der Waals surface area contributed by atoms with Crippen LogP contribution in [0.1, 0.15) is 36.2 Å². The first-order valence-corrected chi connectivity index (χ1v) is 10.9. The molecule has 0 saturated carbocycles. The molecule has 1 aliphatic heterocycles. The average molecular weight is 397 g/mol. The number of hydrogen-bond donors (Lipinski definition) is 1. The Bertz CT molecular complexity index is 939. The lowest BCUT2D eigenvalue weighted by atomic mass is 9.96. The molecule has 0 aliphatic carbocycles. The molecule has 1 unspecified atom stereocenters. The first-order chi connectivity index (χ1) is 13.6. The molecule has 4 rings (SSSR count). The number of hydrogen-bond acceptors (Lipinski definition) is 4. The smallest absolute Gasteiger partial charge is 0.242 e. The van der Waals surface area contributed by atoms with Gasteiger partial charge in [0.1, 0.15) is 6.04 Å². The lowest BCUT2D eigenvalue weighted by molar-refractivity contribution is -0.124. The van der Waals surface area contributed by atoms with Crippen molar-refractivity contribution in [3.8, 4) is 0 Å². The van der Waals surface area contributed by atoms with Gasteiger partial charge in [0.15, 0.2) is 0 Å². The van der Waals surface area contributed by atoms with Crippen LogP contribution in [0, 0.1) is 12.8 Å². The highest BCUT2D eigenvalue weighted by Crippen LogP contribution is 2.23. The molecule has 5 nitrogen and oxygen atoms in total. The Hall–Kier alpha value is -2.18. The number of likely N-dealkylation sites (tertiary alicyclic amines) is 1. The topological polar surface area (TPSA) is 50.2 Å². The van der Waals surface area contributed by atoms with Crippen LogP contribution in [0.3, 0.4) is 0 Å². The third kappa shape index (κ3) is 4.13. The third-order valence-corrected chi connectivity index (χ3v) is 6.89. The average Bonchev–Trinajstić information content (AvgIpc) is 3.33. The minimum atomic E-state index is -0.255. The Balaban J connectivity index is 1.26. The van der Waals surface area contributed by atoms with Crippen molar-refractivity contribution in [2.45, 2.75) is 39.3 Å². The summed E-state index contributed by atoms with van der Waals surface area (Å²) in [5, 5.41) is 5.35. The molecule has 3 heterocycles. The predicted octanol–water partition coefficient (Wildman–Crippen LogP) is 4.00. The molecule has 1 amide bonds.